The summed E-state index contributed by atoms with van der Waals surface area (Å²) in [6, 6.07) is 1.96. The first-order valence-electron chi connectivity index (χ1n) is 7.52. The van der Waals surface area contributed by atoms with Gasteiger partial charge in [-0.15, -0.1) is 0 Å². The van der Waals surface area contributed by atoms with Gasteiger partial charge in [0.2, 0.25) is 0 Å². The lowest BCUT2D eigenvalue weighted by Crippen LogP contribution is -2.18. The summed E-state index contributed by atoms with van der Waals surface area (Å²) in [7, 11) is 0. The van der Waals surface area contributed by atoms with E-state index in [4.69, 9.17) is 0 Å². The number of esters is 1. The van der Waals surface area contributed by atoms with E-state index >= 15 is 0 Å². The number of carbonyl (C=O) groups excluding carboxylic acids is 1. The first-order chi connectivity index (χ1) is 11.3. The molecule has 0 amide bonds. The highest BCUT2D eigenvalue weighted by molar-refractivity contribution is 5.94. The SMILES string of the molecule is CCCCc1nc2nc(C(F)(F)F)c(C(=O)OCC)cc2cc1F. The van der Waals surface area contributed by atoms with Crippen molar-refractivity contribution < 1.29 is 27.1 Å². The molecular weight excluding hydrogens is 328 g/mol. The predicted octanol–water partition coefficient (Wildman–Crippen LogP) is 4.31. The maximum absolute atomic E-state index is 14.0. The first kappa shape index (κ1) is 18.1. The van der Waals surface area contributed by atoms with E-state index in [1.807, 2.05) is 6.92 Å². The van der Waals surface area contributed by atoms with Crippen LogP contribution in [0.2, 0.25) is 0 Å². The highest BCUT2D eigenvalue weighted by atomic mass is 19.4. The minimum atomic E-state index is -4.85. The van der Waals surface area contributed by atoms with Gasteiger partial charge in [0.15, 0.2) is 11.3 Å². The molecule has 0 aliphatic carbocycles. The number of unbranched alkanes of at least 4 members (excludes halogenated alkanes) is 1. The molecular formula is C16H16F4N2O2. The summed E-state index contributed by atoms with van der Waals surface area (Å²) in [5.74, 6) is -1.79. The molecule has 0 N–H and O–H groups in total. The number of rotatable bonds is 5. The number of alkyl halides is 3. The molecule has 2 heterocycles. The number of fused-ring (bicyclic) bond motifs is 1. The molecule has 2 aromatic heterocycles. The number of hydrogen-bond acceptors (Lipinski definition) is 4. The van der Waals surface area contributed by atoms with E-state index in [1.54, 1.807) is 0 Å². The zero-order valence-electron chi connectivity index (χ0n) is 13.2. The van der Waals surface area contributed by atoms with Crippen LogP contribution in [0.3, 0.4) is 0 Å². The van der Waals surface area contributed by atoms with Crippen molar-refractivity contribution in [3.63, 3.8) is 0 Å². The fourth-order valence-electron chi connectivity index (χ4n) is 2.22. The Kier molecular flexibility index (Phi) is 5.36. The molecule has 0 spiro atoms. The number of halogens is 4. The number of pyridine rings is 2. The molecule has 0 fully saturated rings. The van der Waals surface area contributed by atoms with E-state index in [0.29, 0.717) is 12.8 Å². The largest absolute Gasteiger partial charge is 0.462 e. The summed E-state index contributed by atoms with van der Waals surface area (Å²) in [6.45, 7) is 3.29. The Hall–Kier alpha value is -2.25. The van der Waals surface area contributed by atoms with E-state index in [0.717, 1.165) is 18.6 Å². The van der Waals surface area contributed by atoms with Crippen molar-refractivity contribution in [2.45, 2.75) is 39.3 Å². The Morgan fingerprint density at radius 1 is 1.21 bits per heavy atom. The average Bonchev–Trinajstić information content (AvgIpc) is 2.51. The predicted molar refractivity (Wildman–Crippen MR) is 79.1 cm³/mol. The van der Waals surface area contributed by atoms with Crippen LogP contribution in [0.4, 0.5) is 17.6 Å². The van der Waals surface area contributed by atoms with Gasteiger partial charge in [0.05, 0.1) is 17.9 Å². The van der Waals surface area contributed by atoms with Crippen molar-refractivity contribution in [1.82, 2.24) is 9.97 Å². The van der Waals surface area contributed by atoms with Gasteiger partial charge >= 0.3 is 12.1 Å². The maximum atomic E-state index is 14.0. The van der Waals surface area contributed by atoms with Gasteiger partial charge in [0.1, 0.15) is 5.82 Å². The summed E-state index contributed by atoms with van der Waals surface area (Å²) in [5.41, 5.74) is -2.31. The van der Waals surface area contributed by atoms with E-state index in [1.165, 1.54) is 6.92 Å². The van der Waals surface area contributed by atoms with E-state index in [2.05, 4.69) is 14.7 Å². The Morgan fingerprint density at radius 3 is 2.50 bits per heavy atom. The summed E-state index contributed by atoms with van der Waals surface area (Å²) in [4.78, 5) is 19.1. The van der Waals surface area contributed by atoms with Crippen LogP contribution < -0.4 is 0 Å². The Labute approximate surface area is 135 Å². The third-order valence-corrected chi connectivity index (χ3v) is 3.36. The Balaban J connectivity index is 2.64. The van der Waals surface area contributed by atoms with Gasteiger partial charge in [-0.3, -0.25) is 0 Å². The molecule has 0 atom stereocenters. The van der Waals surface area contributed by atoms with Gasteiger partial charge in [0, 0.05) is 5.39 Å². The number of carbonyl (C=O) groups is 1. The summed E-state index contributed by atoms with van der Waals surface area (Å²) < 4.78 is 58.2. The molecule has 0 saturated heterocycles. The van der Waals surface area contributed by atoms with Crippen LogP contribution in [0, 0.1) is 5.82 Å². The van der Waals surface area contributed by atoms with Gasteiger partial charge in [-0.2, -0.15) is 13.2 Å². The van der Waals surface area contributed by atoms with Crippen molar-refractivity contribution >= 4 is 17.0 Å². The third kappa shape index (κ3) is 3.80. The van der Waals surface area contributed by atoms with Crippen LogP contribution in [0.5, 0.6) is 0 Å². The van der Waals surface area contributed by atoms with Crippen molar-refractivity contribution in [2.75, 3.05) is 6.61 Å². The molecule has 4 nitrogen and oxygen atoms in total. The second kappa shape index (κ2) is 7.11. The molecule has 2 aromatic rings. The van der Waals surface area contributed by atoms with Gasteiger partial charge in [-0.25, -0.2) is 19.2 Å². The molecule has 8 heteroatoms. The minimum absolute atomic E-state index is 0.0174. The van der Waals surface area contributed by atoms with Crippen LogP contribution in [0.25, 0.3) is 11.0 Å². The molecule has 0 unspecified atom stereocenters. The van der Waals surface area contributed by atoms with E-state index in [9.17, 15) is 22.4 Å². The average molecular weight is 344 g/mol. The zero-order chi connectivity index (χ0) is 17.9. The summed E-state index contributed by atoms with van der Waals surface area (Å²) in [5, 5.41) is 0.0174. The molecule has 0 aromatic carbocycles. The summed E-state index contributed by atoms with van der Waals surface area (Å²) >= 11 is 0. The molecule has 130 valence electrons. The lowest BCUT2D eigenvalue weighted by atomic mass is 10.1. The summed E-state index contributed by atoms with van der Waals surface area (Å²) in [6.07, 6.45) is -3.10. The molecule has 0 bridgehead atoms. The van der Waals surface area contributed by atoms with Crippen molar-refractivity contribution in [3.05, 3.63) is 34.9 Å². The van der Waals surface area contributed by atoms with Gasteiger partial charge < -0.3 is 4.74 Å². The van der Waals surface area contributed by atoms with Crippen LogP contribution in [-0.4, -0.2) is 22.5 Å². The Morgan fingerprint density at radius 2 is 1.92 bits per heavy atom. The first-order valence-corrected chi connectivity index (χ1v) is 7.52. The molecule has 0 aliphatic rings. The van der Waals surface area contributed by atoms with Gasteiger partial charge in [-0.1, -0.05) is 13.3 Å². The monoisotopic (exact) mass is 344 g/mol. The smallest absolute Gasteiger partial charge is 0.434 e. The quantitative estimate of drug-likeness (QED) is 0.599. The molecule has 0 aliphatic heterocycles. The highest BCUT2D eigenvalue weighted by Crippen LogP contribution is 2.32. The van der Waals surface area contributed by atoms with Crippen LogP contribution in [0.1, 0.15) is 48.4 Å². The number of nitrogens with zero attached hydrogens (tertiary/aromatic N) is 2. The van der Waals surface area contributed by atoms with Gasteiger partial charge in [-0.05, 0) is 31.9 Å². The van der Waals surface area contributed by atoms with Crippen molar-refractivity contribution in [1.29, 1.82) is 0 Å². The number of aryl methyl sites for hydroxylation is 1. The van der Waals surface area contributed by atoms with E-state index < -0.39 is 29.2 Å². The lowest BCUT2D eigenvalue weighted by molar-refractivity contribution is -0.141. The van der Waals surface area contributed by atoms with Crippen LogP contribution in [0.15, 0.2) is 12.1 Å². The van der Waals surface area contributed by atoms with E-state index in [-0.39, 0.29) is 23.3 Å². The van der Waals surface area contributed by atoms with Crippen LogP contribution in [-0.2, 0) is 17.3 Å². The molecule has 0 saturated carbocycles. The molecule has 24 heavy (non-hydrogen) atoms. The fourth-order valence-corrected chi connectivity index (χ4v) is 2.22. The third-order valence-electron chi connectivity index (χ3n) is 3.36. The number of ether oxygens (including phenoxy) is 1. The highest BCUT2D eigenvalue weighted by Gasteiger charge is 2.38. The maximum Gasteiger partial charge on any atom is 0.434 e. The minimum Gasteiger partial charge on any atom is -0.462 e. The van der Waals surface area contributed by atoms with Crippen molar-refractivity contribution in [2.24, 2.45) is 0 Å². The molecule has 2 rings (SSSR count). The standard InChI is InChI=1S/C16H16F4N2O2/c1-3-5-6-12-11(17)8-9-7-10(15(23)24-4-2)13(16(18,19)20)22-14(9)21-12/h7-8H,3-6H2,1-2H3. The molecule has 0 radical (unpaired) electrons. The van der Waals surface area contributed by atoms with Crippen molar-refractivity contribution in [3.8, 4) is 0 Å². The zero-order valence-corrected chi connectivity index (χ0v) is 13.2. The Bertz CT molecular complexity index is 760. The van der Waals surface area contributed by atoms with Crippen LogP contribution >= 0.6 is 0 Å². The second-order valence-electron chi connectivity index (χ2n) is 5.17. The number of hydrogen-bond donors (Lipinski definition) is 0. The fraction of sp³-hybridized carbons (Fsp3) is 0.438. The number of aromatic nitrogens is 2. The topological polar surface area (TPSA) is 52.1 Å². The normalized spacial score (nSPS) is 11.8. The van der Waals surface area contributed by atoms with Gasteiger partial charge in [0.25, 0.3) is 0 Å². The second-order valence-corrected chi connectivity index (χ2v) is 5.17. The lowest BCUT2D eigenvalue weighted by Gasteiger charge is -2.13.